The van der Waals surface area contributed by atoms with Crippen LogP contribution in [0.25, 0.3) is 22.3 Å². The zero-order valence-corrected chi connectivity index (χ0v) is 25.5. The highest BCUT2D eigenvalue weighted by Crippen LogP contribution is 2.56. The molecular formula is C21H25FN10O10P2S. The maximum atomic E-state index is 16.1. The molecule has 0 radical (unpaired) electrons. The van der Waals surface area contributed by atoms with Crippen molar-refractivity contribution in [3.63, 3.8) is 0 Å². The SMILES string of the molecule is COP1(=O)OC[C@H]2OC(n3cnc4c(N)ncnc43)C(OP(O)(=S)OC[C@H]3OC(n4cnc5c(N)ncnc54)C(F)C3O1)C2O. The zero-order valence-electron chi connectivity index (χ0n) is 22.9. The minimum atomic E-state index is -4.56. The fraction of sp³-hybridized carbons (Fsp3) is 0.524. The lowest BCUT2D eigenvalue weighted by Crippen LogP contribution is -2.35. The molecule has 8 unspecified atom stereocenters. The Balaban J connectivity index is 1.22. The Morgan fingerprint density at radius 2 is 1.49 bits per heavy atom. The van der Waals surface area contributed by atoms with Crippen LogP contribution in [0, 0.1) is 0 Å². The number of ether oxygens (including phenoxy) is 2. The normalized spacial score (nSPS) is 37.7. The first-order valence-corrected chi connectivity index (χ1v) is 17.2. The number of aromatic nitrogens is 8. The van der Waals surface area contributed by atoms with Crippen LogP contribution < -0.4 is 11.5 Å². The number of hydrogen-bond acceptors (Lipinski definition) is 18. The average molecular weight is 691 g/mol. The molecule has 3 saturated heterocycles. The second kappa shape index (κ2) is 11.4. The van der Waals surface area contributed by atoms with Gasteiger partial charge in [0.2, 0.25) is 0 Å². The van der Waals surface area contributed by atoms with Gasteiger partial charge in [0.05, 0.1) is 25.9 Å². The Morgan fingerprint density at radius 1 is 0.911 bits per heavy atom. The molecule has 0 saturated carbocycles. The van der Waals surface area contributed by atoms with Crippen molar-refractivity contribution in [2.45, 2.75) is 49.1 Å². The topological polar surface area (TPSA) is 261 Å². The fourth-order valence-electron chi connectivity index (χ4n) is 5.28. The molecule has 45 heavy (non-hydrogen) atoms. The number of nitrogens with zero attached hydrogens (tertiary/aromatic N) is 8. The number of phosphoric acid groups is 1. The van der Waals surface area contributed by atoms with E-state index in [1.165, 1.54) is 34.4 Å². The van der Waals surface area contributed by atoms with E-state index < -0.39 is 76.9 Å². The molecule has 0 aliphatic carbocycles. The van der Waals surface area contributed by atoms with Gasteiger partial charge in [-0.15, -0.1) is 0 Å². The largest absolute Gasteiger partial charge is 0.475 e. The second-order valence-corrected chi connectivity index (χ2v) is 14.6. The van der Waals surface area contributed by atoms with Gasteiger partial charge in [-0.05, 0) is 11.8 Å². The van der Waals surface area contributed by atoms with Crippen LogP contribution in [-0.2, 0) is 48.5 Å². The number of fused-ring (bicyclic) bond motifs is 5. The monoisotopic (exact) mass is 690 g/mol. The summed E-state index contributed by atoms with van der Waals surface area (Å²) in [5.41, 5.74) is 12.6. The summed E-state index contributed by atoms with van der Waals surface area (Å²) in [6.45, 7) is -5.44. The average Bonchev–Trinajstić information content (AvgIpc) is 3.77. The smallest absolute Gasteiger partial charge is 0.387 e. The number of nitrogens with two attached hydrogens (primary N) is 2. The van der Waals surface area contributed by atoms with E-state index in [4.69, 9.17) is 55.4 Å². The van der Waals surface area contributed by atoms with Gasteiger partial charge in [0.25, 0.3) is 0 Å². The second-order valence-electron chi connectivity index (χ2n) is 10.1. The number of imidazole rings is 2. The quantitative estimate of drug-likeness (QED) is 0.208. The van der Waals surface area contributed by atoms with Crippen LogP contribution in [0.1, 0.15) is 12.5 Å². The molecule has 4 aromatic heterocycles. The summed E-state index contributed by atoms with van der Waals surface area (Å²) in [4.78, 5) is 35.5. The van der Waals surface area contributed by atoms with Gasteiger partial charge in [0.1, 0.15) is 54.2 Å². The van der Waals surface area contributed by atoms with Gasteiger partial charge >= 0.3 is 14.5 Å². The highest BCUT2D eigenvalue weighted by atomic mass is 32.5. The summed E-state index contributed by atoms with van der Waals surface area (Å²) in [5.74, 6) is 0.141. The predicted octanol–water partition coefficient (Wildman–Crippen LogP) is 0.113. The molecule has 3 fully saturated rings. The van der Waals surface area contributed by atoms with E-state index in [1.807, 2.05) is 0 Å². The van der Waals surface area contributed by atoms with Crippen LogP contribution in [0.2, 0.25) is 0 Å². The number of anilines is 2. The Kier molecular flexibility index (Phi) is 7.83. The fourth-order valence-corrected chi connectivity index (χ4v) is 7.82. The summed E-state index contributed by atoms with van der Waals surface area (Å²) in [6, 6.07) is 0. The number of rotatable bonds is 3. The van der Waals surface area contributed by atoms with Crippen molar-refractivity contribution in [2.24, 2.45) is 0 Å². The predicted molar refractivity (Wildman–Crippen MR) is 151 cm³/mol. The maximum absolute atomic E-state index is 16.1. The lowest BCUT2D eigenvalue weighted by molar-refractivity contribution is -0.0645. The minimum absolute atomic E-state index is 0.0571. The molecule has 0 spiro atoms. The summed E-state index contributed by atoms with van der Waals surface area (Å²) in [5, 5.41) is 11.2. The molecule has 7 rings (SSSR count). The Bertz CT molecular complexity index is 1850. The van der Waals surface area contributed by atoms with E-state index >= 15 is 4.39 Å². The van der Waals surface area contributed by atoms with Crippen molar-refractivity contribution < 1.29 is 51.0 Å². The molecule has 6 N–H and O–H groups in total. The van der Waals surface area contributed by atoms with E-state index in [0.717, 1.165) is 7.11 Å². The number of nitrogen functional groups attached to an aromatic ring is 2. The van der Waals surface area contributed by atoms with Gasteiger partial charge in [0.15, 0.2) is 41.6 Å². The van der Waals surface area contributed by atoms with Gasteiger partial charge in [-0.25, -0.2) is 38.9 Å². The van der Waals surface area contributed by atoms with Crippen molar-refractivity contribution in [3.8, 4) is 0 Å². The molecule has 0 amide bonds. The molecule has 3 aliphatic heterocycles. The first-order chi connectivity index (χ1) is 21.5. The first-order valence-electron chi connectivity index (χ1n) is 13.1. The zero-order chi connectivity index (χ0) is 31.7. The van der Waals surface area contributed by atoms with E-state index in [-0.39, 0.29) is 34.0 Å². The summed E-state index contributed by atoms with van der Waals surface area (Å²) >= 11 is 5.25. The van der Waals surface area contributed by atoms with Gasteiger partial charge in [-0.2, -0.15) is 0 Å². The van der Waals surface area contributed by atoms with E-state index in [9.17, 15) is 14.6 Å². The van der Waals surface area contributed by atoms with E-state index in [0.29, 0.717) is 0 Å². The molecule has 10 atom stereocenters. The number of hydrogen-bond donors (Lipinski definition) is 4. The molecular weight excluding hydrogens is 665 g/mol. The van der Waals surface area contributed by atoms with Crippen LogP contribution in [0.3, 0.4) is 0 Å². The van der Waals surface area contributed by atoms with Gasteiger partial charge in [-0.1, -0.05) is 0 Å². The van der Waals surface area contributed by atoms with E-state index in [2.05, 4.69) is 29.9 Å². The Morgan fingerprint density at radius 3 is 2.11 bits per heavy atom. The number of alkyl halides is 1. The van der Waals surface area contributed by atoms with Crippen LogP contribution in [0.4, 0.5) is 16.0 Å². The summed E-state index contributed by atoms with van der Waals surface area (Å²) < 4.78 is 71.7. The van der Waals surface area contributed by atoms with Crippen LogP contribution in [0.15, 0.2) is 25.3 Å². The highest BCUT2D eigenvalue weighted by molar-refractivity contribution is 8.07. The van der Waals surface area contributed by atoms with Crippen LogP contribution >= 0.6 is 14.5 Å². The third kappa shape index (κ3) is 5.39. The lowest BCUT2D eigenvalue weighted by atomic mass is 10.1. The summed E-state index contributed by atoms with van der Waals surface area (Å²) in [6.07, 6.45) is -6.93. The van der Waals surface area contributed by atoms with Gasteiger partial charge in [-0.3, -0.25) is 27.2 Å². The molecule has 0 aromatic carbocycles. The number of phosphoric ester groups is 1. The lowest BCUT2D eigenvalue weighted by Gasteiger charge is -2.27. The molecule has 4 aromatic rings. The maximum Gasteiger partial charge on any atom is 0.475 e. The molecule has 3 aliphatic rings. The minimum Gasteiger partial charge on any atom is -0.387 e. The van der Waals surface area contributed by atoms with E-state index in [1.54, 1.807) is 0 Å². The van der Waals surface area contributed by atoms with Crippen molar-refractivity contribution >= 4 is 60.3 Å². The van der Waals surface area contributed by atoms with Crippen LogP contribution in [-0.4, -0.2) is 106 Å². The standard InChI is InChI=1S/C21H25FN10O10P2S/c1-36-43(34)37-2-8-13(33)15(21(39-8)32-7-30-12-17(24)26-5-28-19(12)32)42-44(35,45)38-3-9-14(41-43)10(22)20(40-9)31-6-29-11-16(23)25-4-27-18(11)31/h4-10,13-15,20-21,33H,2-3H2,1H3,(H,35,45)(H2,23,25,27)(H2,24,26,28)/t8-,9-,10?,13?,14?,15?,20?,21?,43?,44?/m1/s1. The van der Waals surface area contributed by atoms with Crippen molar-refractivity contribution in [1.82, 2.24) is 39.0 Å². The van der Waals surface area contributed by atoms with Gasteiger partial charge < -0.3 is 35.5 Å². The van der Waals surface area contributed by atoms with Crippen LogP contribution in [0.5, 0.6) is 0 Å². The number of aliphatic hydroxyl groups is 1. The van der Waals surface area contributed by atoms with Crippen molar-refractivity contribution in [3.05, 3.63) is 25.3 Å². The van der Waals surface area contributed by atoms with Crippen molar-refractivity contribution in [1.29, 1.82) is 0 Å². The molecule has 242 valence electrons. The van der Waals surface area contributed by atoms with Crippen molar-refractivity contribution in [2.75, 3.05) is 31.8 Å². The molecule has 7 heterocycles. The molecule has 20 nitrogen and oxygen atoms in total. The Hall–Kier alpha value is -2.85. The molecule has 24 heteroatoms. The highest BCUT2D eigenvalue weighted by Gasteiger charge is 2.54. The van der Waals surface area contributed by atoms with Gasteiger partial charge in [0, 0.05) is 7.11 Å². The first kappa shape index (κ1) is 30.8. The number of aliphatic hydroxyl groups excluding tert-OH is 1. The Labute approximate surface area is 256 Å². The molecule has 2 bridgehead atoms. The summed E-state index contributed by atoms with van der Waals surface area (Å²) in [7, 11) is -3.53. The third-order valence-corrected chi connectivity index (χ3v) is 10.4. The third-order valence-electron chi connectivity index (χ3n) is 7.43. The number of halogens is 1.